The third kappa shape index (κ3) is 6.83. The summed E-state index contributed by atoms with van der Waals surface area (Å²) < 4.78 is 5.11. The first-order valence-corrected chi connectivity index (χ1v) is 12.3. The van der Waals surface area contributed by atoms with Crippen molar-refractivity contribution in [1.29, 1.82) is 0 Å². The molecule has 1 N–H and O–H groups in total. The van der Waals surface area contributed by atoms with Crippen LogP contribution in [-0.2, 0) is 11.2 Å². The molecule has 10 heteroatoms. The number of nitrogens with zero attached hydrogens (tertiary/aromatic N) is 3. The molecule has 37 heavy (non-hydrogen) atoms. The Labute approximate surface area is 219 Å². The van der Waals surface area contributed by atoms with E-state index in [-0.39, 0.29) is 29.1 Å². The molecule has 9 nitrogen and oxygen atoms in total. The van der Waals surface area contributed by atoms with Crippen LogP contribution in [0.15, 0.2) is 60.7 Å². The number of hydrogen-bond donors (Lipinski definition) is 1. The average molecular weight is 523 g/mol. The van der Waals surface area contributed by atoms with Crippen molar-refractivity contribution in [3.8, 4) is 5.88 Å². The maximum atomic E-state index is 12.9. The van der Waals surface area contributed by atoms with Crippen molar-refractivity contribution < 1.29 is 19.2 Å². The Kier molecular flexibility index (Phi) is 8.35. The molecule has 2 amide bonds. The van der Waals surface area contributed by atoms with E-state index in [9.17, 15) is 19.7 Å². The third-order valence-electron chi connectivity index (χ3n) is 6.44. The smallest absolute Gasteiger partial charge is 0.269 e. The topological polar surface area (TPSA) is 115 Å². The number of carbonyl (C=O) groups excluding carboxylic acids is 2. The van der Waals surface area contributed by atoms with Gasteiger partial charge in [0, 0.05) is 49.0 Å². The number of pyridine rings is 1. The van der Waals surface area contributed by atoms with E-state index >= 15 is 0 Å². The van der Waals surface area contributed by atoms with Gasteiger partial charge in [0.2, 0.25) is 11.8 Å². The van der Waals surface area contributed by atoms with Gasteiger partial charge in [0.05, 0.1) is 12.0 Å². The molecule has 0 radical (unpaired) electrons. The fourth-order valence-electron chi connectivity index (χ4n) is 4.44. The quantitative estimate of drug-likeness (QED) is 0.246. The lowest BCUT2D eigenvalue weighted by atomic mass is 9.89. The molecule has 2 heterocycles. The molecule has 0 spiro atoms. The van der Waals surface area contributed by atoms with Crippen LogP contribution in [0.3, 0.4) is 0 Å². The SMILES string of the molecule is COc1cc(C(=O)N2CCC(c3ccc(NC(=O)CCc4cccc([N+](=O)[O-])c4)cc3)CC2)cc(Cl)n1. The molecule has 1 saturated heterocycles. The number of non-ortho nitro benzene ring substituents is 1. The lowest BCUT2D eigenvalue weighted by molar-refractivity contribution is -0.384. The van der Waals surface area contributed by atoms with E-state index in [0.29, 0.717) is 42.6 Å². The minimum atomic E-state index is -0.443. The van der Waals surface area contributed by atoms with Gasteiger partial charge in [0.25, 0.3) is 11.6 Å². The zero-order valence-electron chi connectivity index (χ0n) is 20.4. The molecule has 0 saturated carbocycles. The Morgan fingerprint density at radius 2 is 1.86 bits per heavy atom. The van der Waals surface area contributed by atoms with Gasteiger partial charge >= 0.3 is 0 Å². The zero-order chi connectivity index (χ0) is 26.4. The molecular weight excluding hydrogens is 496 g/mol. The molecule has 2 aromatic carbocycles. The number of ether oxygens (including phenoxy) is 1. The molecule has 4 rings (SSSR count). The predicted molar refractivity (Wildman–Crippen MR) is 140 cm³/mol. The molecule has 192 valence electrons. The number of aryl methyl sites for hydroxylation is 1. The second-order valence-electron chi connectivity index (χ2n) is 8.88. The molecular formula is C27H27ClN4O5. The van der Waals surface area contributed by atoms with Crippen molar-refractivity contribution in [3.05, 3.63) is 92.6 Å². The molecule has 0 aliphatic carbocycles. The number of nitro benzene ring substituents is 1. The third-order valence-corrected chi connectivity index (χ3v) is 6.63. The molecule has 0 unspecified atom stereocenters. The number of piperidine rings is 1. The number of likely N-dealkylation sites (tertiary alicyclic amines) is 1. The van der Waals surface area contributed by atoms with E-state index in [1.165, 1.54) is 19.2 Å². The standard InChI is InChI=1S/C27H27ClN4O5/c1-37-26-17-21(16-24(28)30-26)27(34)31-13-11-20(12-14-31)19-6-8-22(9-7-19)29-25(33)10-5-18-3-2-4-23(15-18)32(35)36/h2-4,6-9,15-17,20H,5,10-14H2,1H3,(H,29,33). The van der Waals surface area contributed by atoms with Crippen molar-refractivity contribution in [1.82, 2.24) is 9.88 Å². The number of amides is 2. The molecule has 1 aliphatic rings. The van der Waals surface area contributed by atoms with Gasteiger partial charge in [0.15, 0.2) is 0 Å². The number of nitro groups is 1. The van der Waals surface area contributed by atoms with E-state index in [1.54, 1.807) is 24.3 Å². The highest BCUT2D eigenvalue weighted by atomic mass is 35.5. The summed E-state index contributed by atoms with van der Waals surface area (Å²) in [5, 5.41) is 14.0. The number of methoxy groups -OCH3 is 1. The fourth-order valence-corrected chi connectivity index (χ4v) is 4.65. The maximum Gasteiger partial charge on any atom is 0.269 e. The molecule has 0 atom stereocenters. The Balaban J connectivity index is 1.27. The van der Waals surface area contributed by atoms with E-state index < -0.39 is 4.92 Å². The molecule has 1 aliphatic heterocycles. The van der Waals surface area contributed by atoms with Gasteiger partial charge in [-0.15, -0.1) is 0 Å². The highest BCUT2D eigenvalue weighted by Crippen LogP contribution is 2.30. The van der Waals surface area contributed by atoms with Crippen LogP contribution in [0.4, 0.5) is 11.4 Å². The van der Waals surface area contributed by atoms with Gasteiger partial charge in [-0.2, -0.15) is 0 Å². The van der Waals surface area contributed by atoms with Gasteiger partial charge in [-0.1, -0.05) is 35.9 Å². The average Bonchev–Trinajstić information content (AvgIpc) is 2.92. The number of carbonyl (C=O) groups is 2. The number of rotatable bonds is 8. The minimum Gasteiger partial charge on any atom is -0.481 e. The minimum absolute atomic E-state index is 0.0192. The maximum absolute atomic E-state index is 12.9. The molecule has 0 bridgehead atoms. The van der Waals surface area contributed by atoms with Crippen LogP contribution < -0.4 is 10.1 Å². The largest absolute Gasteiger partial charge is 0.481 e. The van der Waals surface area contributed by atoms with Crippen molar-refractivity contribution >= 4 is 34.8 Å². The number of aromatic nitrogens is 1. The second-order valence-corrected chi connectivity index (χ2v) is 9.27. The van der Waals surface area contributed by atoms with Crippen molar-refractivity contribution in [2.75, 3.05) is 25.5 Å². The van der Waals surface area contributed by atoms with Crippen molar-refractivity contribution in [2.45, 2.75) is 31.6 Å². The Morgan fingerprint density at radius 3 is 2.54 bits per heavy atom. The van der Waals surface area contributed by atoms with Crippen LogP contribution in [0.5, 0.6) is 5.88 Å². The van der Waals surface area contributed by atoms with Crippen molar-refractivity contribution in [2.24, 2.45) is 0 Å². The van der Waals surface area contributed by atoms with Gasteiger partial charge in [-0.3, -0.25) is 19.7 Å². The number of anilines is 1. The summed E-state index contributed by atoms with van der Waals surface area (Å²) in [6.45, 7) is 1.25. The fraction of sp³-hybridized carbons (Fsp3) is 0.296. The lowest BCUT2D eigenvalue weighted by Gasteiger charge is -2.32. The highest BCUT2D eigenvalue weighted by molar-refractivity contribution is 6.29. The lowest BCUT2D eigenvalue weighted by Crippen LogP contribution is -2.38. The van der Waals surface area contributed by atoms with Crippen LogP contribution >= 0.6 is 11.6 Å². The monoisotopic (exact) mass is 522 g/mol. The first-order chi connectivity index (χ1) is 17.8. The Hall–Kier alpha value is -3.98. The summed E-state index contributed by atoms with van der Waals surface area (Å²) in [5.74, 6) is 0.378. The van der Waals surface area contributed by atoms with Crippen LogP contribution in [0.1, 0.15) is 46.7 Å². The van der Waals surface area contributed by atoms with E-state index in [0.717, 1.165) is 24.0 Å². The second kappa shape index (κ2) is 11.8. The Bertz CT molecular complexity index is 1290. The Morgan fingerprint density at radius 1 is 1.14 bits per heavy atom. The number of halogens is 1. The highest BCUT2D eigenvalue weighted by Gasteiger charge is 2.25. The summed E-state index contributed by atoms with van der Waals surface area (Å²) in [6, 6.07) is 17.2. The summed E-state index contributed by atoms with van der Waals surface area (Å²) in [7, 11) is 1.48. The van der Waals surface area contributed by atoms with Crippen LogP contribution in [0.2, 0.25) is 5.15 Å². The van der Waals surface area contributed by atoms with Crippen LogP contribution in [0, 0.1) is 10.1 Å². The van der Waals surface area contributed by atoms with Crippen LogP contribution in [0.25, 0.3) is 0 Å². The normalized spacial score (nSPS) is 13.7. The van der Waals surface area contributed by atoms with Gasteiger partial charge < -0.3 is 15.0 Å². The van der Waals surface area contributed by atoms with Gasteiger partial charge in [0.1, 0.15) is 5.15 Å². The predicted octanol–water partition coefficient (Wildman–Crippen LogP) is 5.24. The number of nitrogens with one attached hydrogen (secondary N) is 1. The van der Waals surface area contributed by atoms with E-state index in [2.05, 4.69) is 10.3 Å². The molecule has 3 aromatic rings. The van der Waals surface area contributed by atoms with Gasteiger partial charge in [-0.05, 0) is 54.5 Å². The summed E-state index contributed by atoms with van der Waals surface area (Å²) >= 11 is 6.01. The van der Waals surface area contributed by atoms with Crippen LogP contribution in [-0.4, -0.2) is 46.8 Å². The van der Waals surface area contributed by atoms with Gasteiger partial charge in [-0.25, -0.2) is 4.98 Å². The van der Waals surface area contributed by atoms with E-state index in [4.69, 9.17) is 16.3 Å². The van der Waals surface area contributed by atoms with Crippen molar-refractivity contribution in [3.63, 3.8) is 0 Å². The summed E-state index contributed by atoms with van der Waals surface area (Å²) in [6.07, 6.45) is 2.30. The zero-order valence-corrected chi connectivity index (χ0v) is 21.1. The first kappa shape index (κ1) is 26.1. The number of benzene rings is 2. The number of hydrogen-bond acceptors (Lipinski definition) is 6. The summed E-state index contributed by atoms with van der Waals surface area (Å²) in [4.78, 5) is 41.6. The molecule has 1 fully saturated rings. The molecule has 1 aromatic heterocycles. The summed E-state index contributed by atoms with van der Waals surface area (Å²) in [5.41, 5.74) is 3.08. The van der Waals surface area contributed by atoms with E-state index in [1.807, 2.05) is 29.2 Å². The first-order valence-electron chi connectivity index (χ1n) is 12.0.